The van der Waals surface area contributed by atoms with Gasteiger partial charge < -0.3 is 10.2 Å². The van der Waals surface area contributed by atoms with Crippen LogP contribution in [0.1, 0.15) is 34.8 Å². The zero-order valence-electron chi connectivity index (χ0n) is 16.7. The Morgan fingerprint density at radius 3 is 2.39 bits per heavy atom. The smallest absolute Gasteiger partial charge is 0.251 e. The van der Waals surface area contributed by atoms with Crippen molar-refractivity contribution >= 4 is 11.8 Å². The van der Waals surface area contributed by atoms with Crippen LogP contribution in [0.25, 0.3) is 0 Å². The molecule has 1 atom stereocenters. The Morgan fingerprint density at radius 1 is 1.00 bits per heavy atom. The standard InChI is InChI=1S/C23H29N3O2/c1-18-7-6-8-20(15-18)17-25-11-13-26(14-12-25)22(27)16-19(2)24-23(28)21-9-4-3-5-10-21/h3-10,15,19H,11-14,16-17H2,1-2H3,(H,24,28). The summed E-state index contributed by atoms with van der Waals surface area (Å²) >= 11 is 0. The van der Waals surface area contributed by atoms with Crippen molar-refractivity contribution in [3.63, 3.8) is 0 Å². The topological polar surface area (TPSA) is 52.6 Å². The Bertz CT molecular complexity index is 799. The van der Waals surface area contributed by atoms with E-state index in [4.69, 9.17) is 0 Å². The van der Waals surface area contributed by atoms with Crippen molar-refractivity contribution < 1.29 is 9.59 Å². The highest BCUT2D eigenvalue weighted by atomic mass is 16.2. The van der Waals surface area contributed by atoms with Crippen molar-refractivity contribution in [3.8, 4) is 0 Å². The second kappa shape index (κ2) is 9.51. The number of rotatable bonds is 6. The molecule has 0 spiro atoms. The predicted molar refractivity (Wildman–Crippen MR) is 111 cm³/mol. The molecule has 148 valence electrons. The van der Waals surface area contributed by atoms with E-state index in [1.54, 1.807) is 12.1 Å². The van der Waals surface area contributed by atoms with Gasteiger partial charge in [0.05, 0.1) is 0 Å². The number of hydrogen-bond acceptors (Lipinski definition) is 3. The third-order valence-electron chi connectivity index (χ3n) is 5.11. The molecule has 1 unspecified atom stereocenters. The van der Waals surface area contributed by atoms with Gasteiger partial charge in [-0.15, -0.1) is 0 Å². The Morgan fingerprint density at radius 2 is 1.71 bits per heavy atom. The highest BCUT2D eigenvalue weighted by molar-refractivity contribution is 5.94. The molecule has 2 aromatic carbocycles. The molecule has 0 saturated carbocycles. The molecular weight excluding hydrogens is 350 g/mol. The van der Waals surface area contributed by atoms with E-state index in [-0.39, 0.29) is 17.9 Å². The lowest BCUT2D eigenvalue weighted by molar-refractivity contribution is -0.133. The number of amides is 2. The molecule has 1 N–H and O–H groups in total. The van der Waals surface area contributed by atoms with E-state index in [1.807, 2.05) is 30.0 Å². The van der Waals surface area contributed by atoms with Gasteiger partial charge in [-0.05, 0) is 31.5 Å². The van der Waals surface area contributed by atoms with Gasteiger partial charge in [0.25, 0.3) is 5.91 Å². The molecule has 0 aliphatic carbocycles. The summed E-state index contributed by atoms with van der Waals surface area (Å²) in [6.45, 7) is 8.15. The number of benzene rings is 2. The summed E-state index contributed by atoms with van der Waals surface area (Å²) in [6.07, 6.45) is 0.330. The molecule has 1 saturated heterocycles. The van der Waals surface area contributed by atoms with Crippen molar-refractivity contribution in [2.75, 3.05) is 26.2 Å². The van der Waals surface area contributed by atoms with Crippen LogP contribution in [0.5, 0.6) is 0 Å². The second-order valence-corrected chi connectivity index (χ2v) is 7.59. The largest absolute Gasteiger partial charge is 0.349 e. The fourth-order valence-electron chi connectivity index (χ4n) is 3.56. The lowest BCUT2D eigenvalue weighted by Crippen LogP contribution is -2.49. The maximum atomic E-state index is 12.6. The molecule has 0 radical (unpaired) electrons. The molecule has 2 amide bonds. The molecule has 1 aliphatic rings. The molecule has 5 nitrogen and oxygen atoms in total. The van der Waals surface area contributed by atoms with Crippen LogP contribution >= 0.6 is 0 Å². The van der Waals surface area contributed by atoms with Crippen LogP contribution in [0.15, 0.2) is 54.6 Å². The maximum Gasteiger partial charge on any atom is 0.251 e. The summed E-state index contributed by atoms with van der Waals surface area (Å²) in [5.41, 5.74) is 3.21. The van der Waals surface area contributed by atoms with E-state index in [0.29, 0.717) is 12.0 Å². The van der Waals surface area contributed by atoms with Crippen LogP contribution in [-0.4, -0.2) is 53.8 Å². The third-order valence-corrected chi connectivity index (χ3v) is 5.11. The first kappa shape index (κ1) is 20.1. The molecule has 0 aromatic heterocycles. The summed E-state index contributed by atoms with van der Waals surface area (Å²) in [7, 11) is 0. The lowest BCUT2D eigenvalue weighted by Gasteiger charge is -2.35. The van der Waals surface area contributed by atoms with Gasteiger partial charge in [0, 0.05) is 50.7 Å². The minimum absolute atomic E-state index is 0.107. The average molecular weight is 380 g/mol. The minimum atomic E-state index is -0.189. The molecule has 28 heavy (non-hydrogen) atoms. The number of carbonyl (C=O) groups is 2. The first-order valence-corrected chi connectivity index (χ1v) is 9.93. The molecule has 1 fully saturated rings. The number of piperazine rings is 1. The highest BCUT2D eigenvalue weighted by Crippen LogP contribution is 2.11. The van der Waals surface area contributed by atoms with Gasteiger partial charge in [-0.25, -0.2) is 0 Å². The van der Waals surface area contributed by atoms with E-state index in [1.165, 1.54) is 11.1 Å². The Kier molecular flexibility index (Phi) is 6.82. The van der Waals surface area contributed by atoms with Gasteiger partial charge in [-0.2, -0.15) is 0 Å². The van der Waals surface area contributed by atoms with Crippen molar-refractivity contribution in [1.29, 1.82) is 0 Å². The van der Waals surface area contributed by atoms with E-state index >= 15 is 0 Å². The van der Waals surface area contributed by atoms with Crippen molar-refractivity contribution in [1.82, 2.24) is 15.1 Å². The average Bonchev–Trinajstić information content (AvgIpc) is 2.69. The Hall–Kier alpha value is -2.66. The van der Waals surface area contributed by atoms with Gasteiger partial charge in [0.15, 0.2) is 0 Å². The summed E-state index contributed by atoms with van der Waals surface area (Å²) in [5, 5.41) is 2.92. The first-order valence-electron chi connectivity index (χ1n) is 9.93. The maximum absolute atomic E-state index is 12.6. The zero-order valence-corrected chi connectivity index (χ0v) is 16.7. The summed E-state index contributed by atoms with van der Waals surface area (Å²) in [4.78, 5) is 29.1. The van der Waals surface area contributed by atoms with Gasteiger partial charge in [-0.1, -0.05) is 48.0 Å². The van der Waals surface area contributed by atoms with E-state index < -0.39 is 0 Å². The SMILES string of the molecule is Cc1cccc(CN2CCN(C(=O)CC(C)NC(=O)c3ccccc3)CC2)c1. The van der Waals surface area contributed by atoms with Crippen molar-refractivity contribution in [3.05, 3.63) is 71.3 Å². The van der Waals surface area contributed by atoms with Crippen LogP contribution in [0, 0.1) is 6.92 Å². The summed E-state index contributed by atoms with van der Waals surface area (Å²) in [5.74, 6) is -0.0278. The van der Waals surface area contributed by atoms with Crippen LogP contribution < -0.4 is 5.32 Å². The minimum Gasteiger partial charge on any atom is -0.349 e. The predicted octanol–water partition coefficient (Wildman–Crippen LogP) is 2.85. The van der Waals surface area contributed by atoms with Gasteiger partial charge in [-0.3, -0.25) is 14.5 Å². The fraction of sp³-hybridized carbons (Fsp3) is 0.391. The van der Waals surface area contributed by atoms with Gasteiger partial charge in [0.2, 0.25) is 5.91 Å². The van der Waals surface area contributed by atoms with Crippen LogP contribution in [0.3, 0.4) is 0 Å². The molecule has 3 rings (SSSR count). The van der Waals surface area contributed by atoms with Crippen molar-refractivity contribution in [2.45, 2.75) is 32.9 Å². The van der Waals surface area contributed by atoms with Crippen LogP contribution in [0.4, 0.5) is 0 Å². The lowest BCUT2D eigenvalue weighted by atomic mass is 10.1. The zero-order chi connectivity index (χ0) is 19.9. The van der Waals surface area contributed by atoms with E-state index in [0.717, 1.165) is 32.7 Å². The number of aryl methyl sites for hydroxylation is 1. The van der Waals surface area contributed by atoms with Crippen LogP contribution in [-0.2, 0) is 11.3 Å². The summed E-state index contributed by atoms with van der Waals surface area (Å²) < 4.78 is 0. The third kappa shape index (κ3) is 5.67. The van der Waals surface area contributed by atoms with Crippen LogP contribution in [0.2, 0.25) is 0 Å². The molecule has 1 aliphatic heterocycles. The summed E-state index contributed by atoms with van der Waals surface area (Å²) in [6, 6.07) is 17.5. The number of hydrogen-bond donors (Lipinski definition) is 1. The van der Waals surface area contributed by atoms with E-state index in [9.17, 15) is 9.59 Å². The monoisotopic (exact) mass is 379 g/mol. The highest BCUT2D eigenvalue weighted by Gasteiger charge is 2.23. The number of carbonyl (C=O) groups excluding carboxylic acids is 2. The van der Waals surface area contributed by atoms with E-state index in [2.05, 4.69) is 41.4 Å². The first-order chi connectivity index (χ1) is 13.5. The quantitative estimate of drug-likeness (QED) is 0.840. The molecule has 1 heterocycles. The number of nitrogens with one attached hydrogen (secondary N) is 1. The Labute approximate surface area is 167 Å². The normalized spacial score (nSPS) is 15.9. The molecule has 2 aromatic rings. The van der Waals surface area contributed by atoms with Crippen molar-refractivity contribution in [2.24, 2.45) is 0 Å². The van der Waals surface area contributed by atoms with Gasteiger partial charge >= 0.3 is 0 Å². The molecule has 5 heteroatoms. The Balaban J connectivity index is 1.42. The van der Waals surface area contributed by atoms with Gasteiger partial charge in [0.1, 0.15) is 0 Å². The number of nitrogens with zero attached hydrogens (tertiary/aromatic N) is 2. The molecule has 0 bridgehead atoms. The second-order valence-electron chi connectivity index (χ2n) is 7.59. The molecular formula is C23H29N3O2. The fourth-order valence-corrected chi connectivity index (χ4v) is 3.56.